The number of anilines is 3. The van der Waals surface area contributed by atoms with Crippen LogP contribution in [0.5, 0.6) is 0 Å². The molecule has 0 aliphatic carbocycles. The number of benzene rings is 8. The first-order valence-corrected chi connectivity index (χ1v) is 22.1. The lowest BCUT2D eigenvalue weighted by Crippen LogP contribution is -2.14. The van der Waals surface area contributed by atoms with Crippen LogP contribution in [0.2, 0.25) is 0 Å². The molecule has 57 heavy (non-hydrogen) atoms. The maximum Gasteiger partial charge on any atom is 0.124 e. The Balaban J connectivity index is 0.973. The molecular weight excluding hydrogens is 771 g/mol. The zero-order chi connectivity index (χ0) is 37.5. The van der Waals surface area contributed by atoms with Crippen molar-refractivity contribution in [2.45, 2.75) is 9.79 Å². The maximum absolute atomic E-state index is 5.27. The molecule has 12 rings (SSSR count). The molecule has 0 spiro atoms. The molecule has 0 unspecified atom stereocenters. The van der Waals surface area contributed by atoms with Gasteiger partial charge in [0.1, 0.15) is 10.0 Å². The quantitative estimate of drug-likeness (QED) is 0.173. The van der Waals surface area contributed by atoms with Gasteiger partial charge in [0.2, 0.25) is 0 Å². The second-order valence-corrected chi connectivity index (χ2v) is 18.4. The van der Waals surface area contributed by atoms with Gasteiger partial charge in [-0.05, 0) is 83.9 Å². The van der Waals surface area contributed by atoms with Gasteiger partial charge >= 0.3 is 0 Å². The van der Waals surface area contributed by atoms with Gasteiger partial charge in [-0.1, -0.05) is 115 Å². The van der Waals surface area contributed by atoms with Gasteiger partial charge in [0, 0.05) is 57.9 Å². The number of hydrogen-bond acceptors (Lipinski definition) is 7. The zero-order valence-electron chi connectivity index (χ0n) is 30.2. The largest absolute Gasteiger partial charge is 0.308 e. The van der Waals surface area contributed by atoms with Gasteiger partial charge in [-0.15, -0.1) is 34.0 Å². The standard InChI is InChI=1S/C50H29N3S4/c1-3-11-30(12-4-1)35-16-9-19-42-47(35)51-49(56-42)32-21-24-34(25-22-32)53-39-26-23-33(50-52-48-36(17-10-20-43(48)57-50)31-13-5-2-6-14-31)27-45(39)55-46-28-38-37-15-7-8-18-41(37)54-44(38)29-40(46)53/h1-29H. The number of thiophene rings is 1. The van der Waals surface area contributed by atoms with Crippen LogP contribution in [0.1, 0.15) is 0 Å². The zero-order valence-corrected chi connectivity index (χ0v) is 33.5. The Morgan fingerprint density at radius 3 is 1.63 bits per heavy atom. The van der Waals surface area contributed by atoms with Gasteiger partial charge in [0.05, 0.1) is 31.8 Å². The molecule has 3 aromatic heterocycles. The summed E-state index contributed by atoms with van der Waals surface area (Å²) in [6.07, 6.45) is 0. The van der Waals surface area contributed by atoms with E-state index in [-0.39, 0.29) is 0 Å². The predicted octanol–water partition coefficient (Wildman–Crippen LogP) is 15.9. The molecule has 0 radical (unpaired) electrons. The van der Waals surface area contributed by atoms with E-state index in [0.717, 1.165) is 37.9 Å². The molecule has 0 amide bonds. The van der Waals surface area contributed by atoms with Crippen molar-refractivity contribution in [1.82, 2.24) is 9.97 Å². The van der Waals surface area contributed by atoms with Crippen molar-refractivity contribution in [3.05, 3.63) is 176 Å². The third kappa shape index (κ3) is 5.53. The summed E-state index contributed by atoms with van der Waals surface area (Å²) in [5.74, 6) is 0. The summed E-state index contributed by atoms with van der Waals surface area (Å²) in [7, 11) is 0. The Morgan fingerprint density at radius 1 is 0.368 bits per heavy atom. The molecule has 0 bridgehead atoms. The fraction of sp³-hybridized carbons (Fsp3) is 0. The third-order valence-electron chi connectivity index (χ3n) is 10.7. The van der Waals surface area contributed by atoms with Crippen molar-refractivity contribution in [3.8, 4) is 43.4 Å². The summed E-state index contributed by atoms with van der Waals surface area (Å²) in [5, 5.41) is 4.68. The Bertz CT molecular complexity index is 3330. The molecule has 268 valence electrons. The first-order chi connectivity index (χ1) is 28.2. The highest BCUT2D eigenvalue weighted by molar-refractivity contribution is 7.99. The smallest absolute Gasteiger partial charge is 0.124 e. The van der Waals surface area contributed by atoms with Gasteiger partial charge in [-0.3, -0.25) is 0 Å². The maximum atomic E-state index is 5.27. The van der Waals surface area contributed by atoms with E-state index in [1.807, 2.05) is 23.1 Å². The van der Waals surface area contributed by atoms with E-state index in [9.17, 15) is 0 Å². The fourth-order valence-electron chi connectivity index (χ4n) is 8.04. The summed E-state index contributed by atoms with van der Waals surface area (Å²) < 4.78 is 5.00. The second-order valence-electron chi connectivity index (χ2n) is 14.2. The van der Waals surface area contributed by atoms with Crippen LogP contribution in [-0.2, 0) is 0 Å². The topological polar surface area (TPSA) is 29.0 Å². The number of rotatable bonds is 5. The predicted molar refractivity (Wildman–Crippen MR) is 246 cm³/mol. The molecule has 7 heteroatoms. The van der Waals surface area contributed by atoms with Crippen LogP contribution in [-0.4, -0.2) is 9.97 Å². The number of aromatic nitrogens is 2. The van der Waals surface area contributed by atoms with Gasteiger partial charge in [-0.2, -0.15) is 0 Å². The summed E-state index contributed by atoms with van der Waals surface area (Å²) in [6, 6.07) is 63.5. The molecule has 0 saturated heterocycles. The highest BCUT2D eigenvalue weighted by Crippen LogP contribution is 2.55. The number of fused-ring (bicyclic) bond motifs is 7. The highest BCUT2D eigenvalue weighted by atomic mass is 32.2. The average molecular weight is 800 g/mol. The van der Waals surface area contributed by atoms with Crippen LogP contribution in [0.3, 0.4) is 0 Å². The first-order valence-electron chi connectivity index (χ1n) is 18.8. The highest BCUT2D eigenvalue weighted by Gasteiger charge is 2.27. The first kappa shape index (κ1) is 33.1. The normalized spacial score (nSPS) is 12.5. The Morgan fingerprint density at radius 2 is 0.947 bits per heavy atom. The van der Waals surface area contributed by atoms with E-state index in [1.54, 1.807) is 22.7 Å². The molecule has 8 aromatic carbocycles. The Hall–Kier alpha value is -6.09. The van der Waals surface area contributed by atoms with Crippen molar-refractivity contribution in [2.24, 2.45) is 0 Å². The summed E-state index contributed by atoms with van der Waals surface area (Å²) in [6.45, 7) is 0. The van der Waals surface area contributed by atoms with Crippen LogP contribution >= 0.6 is 45.8 Å². The van der Waals surface area contributed by atoms with Gasteiger partial charge in [-0.25, -0.2) is 9.97 Å². The molecule has 4 heterocycles. The van der Waals surface area contributed by atoms with E-state index in [0.29, 0.717) is 0 Å². The molecule has 11 aromatic rings. The molecule has 0 saturated carbocycles. The molecule has 0 fully saturated rings. The molecule has 0 N–H and O–H groups in total. The molecular formula is C50H29N3S4. The van der Waals surface area contributed by atoms with E-state index >= 15 is 0 Å². The van der Waals surface area contributed by atoms with Crippen LogP contribution in [0, 0.1) is 0 Å². The van der Waals surface area contributed by atoms with Crippen LogP contribution in [0.4, 0.5) is 17.1 Å². The van der Waals surface area contributed by atoms with Crippen molar-refractivity contribution in [2.75, 3.05) is 4.90 Å². The molecule has 0 atom stereocenters. The van der Waals surface area contributed by atoms with E-state index in [2.05, 4.69) is 181 Å². The Labute approximate surface area is 345 Å². The molecule has 3 nitrogen and oxygen atoms in total. The van der Waals surface area contributed by atoms with E-state index in [1.165, 1.54) is 73.0 Å². The summed E-state index contributed by atoms with van der Waals surface area (Å²) in [5.41, 5.74) is 12.6. The van der Waals surface area contributed by atoms with Gasteiger partial charge < -0.3 is 4.90 Å². The molecule has 1 aliphatic rings. The lowest BCUT2D eigenvalue weighted by atomic mass is 10.0. The van der Waals surface area contributed by atoms with Crippen molar-refractivity contribution in [1.29, 1.82) is 0 Å². The van der Waals surface area contributed by atoms with Crippen molar-refractivity contribution in [3.63, 3.8) is 0 Å². The monoisotopic (exact) mass is 799 g/mol. The minimum absolute atomic E-state index is 1.03. The number of para-hydroxylation sites is 2. The SMILES string of the molecule is c1ccc(-c2cccc3sc(-c4ccc(N5c6ccc(-c7nc8c(-c9ccccc9)cccc8s7)cc6Sc6cc7c(cc65)sc5ccccc57)cc4)nc23)cc1. The summed E-state index contributed by atoms with van der Waals surface area (Å²) >= 11 is 7.23. The number of hydrogen-bond donors (Lipinski definition) is 0. The van der Waals surface area contributed by atoms with Crippen molar-refractivity contribution < 1.29 is 0 Å². The van der Waals surface area contributed by atoms with Crippen LogP contribution in [0.15, 0.2) is 186 Å². The lowest BCUT2D eigenvalue weighted by molar-refractivity contribution is 1.17. The number of nitrogens with zero attached hydrogens (tertiary/aromatic N) is 3. The lowest BCUT2D eigenvalue weighted by Gasteiger charge is -2.33. The molecule has 1 aliphatic heterocycles. The van der Waals surface area contributed by atoms with Crippen LogP contribution < -0.4 is 4.90 Å². The minimum Gasteiger partial charge on any atom is -0.308 e. The second kappa shape index (κ2) is 13.3. The average Bonchev–Trinajstić information content (AvgIpc) is 4.01. The number of thiazole rings is 2. The van der Waals surface area contributed by atoms with E-state index in [4.69, 9.17) is 9.97 Å². The van der Waals surface area contributed by atoms with Gasteiger partial charge in [0.25, 0.3) is 0 Å². The van der Waals surface area contributed by atoms with Crippen LogP contribution in [0.25, 0.3) is 84.0 Å². The Kier molecular flexibility index (Phi) is 7.69. The summed E-state index contributed by atoms with van der Waals surface area (Å²) in [4.78, 5) is 15.4. The van der Waals surface area contributed by atoms with Gasteiger partial charge in [0.15, 0.2) is 0 Å². The third-order valence-corrected chi connectivity index (χ3v) is 15.1. The fourth-order valence-corrected chi connectivity index (χ4v) is 12.3. The van der Waals surface area contributed by atoms with Crippen molar-refractivity contribution >= 4 is 103 Å². The van der Waals surface area contributed by atoms with E-state index < -0.39 is 0 Å². The minimum atomic E-state index is 1.03.